The first-order valence-electron chi connectivity index (χ1n) is 6.99. The molecule has 1 aromatic carbocycles. The number of sulfonamides is 1. The van der Waals surface area contributed by atoms with E-state index in [-0.39, 0.29) is 16.2 Å². The van der Waals surface area contributed by atoms with E-state index in [4.69, 9.17) is 4.74 Å². The van der Waals surface area contributed by atoms with Crippen LogP contribution < -0.4 is 10.1 Å². The predicted octanol–water partition coefficient (Wildman–Crippen LogP) is 0.983. The van der Waals surface area contributed by atoms with Gasteiger partial charge in [0.2, 0.25) is 10.0 Å². The Morgan fingerprint density at radius 1 is 1.29 bits per heavy atom. The third kappa shape index (κ3) is 2.33. The molecular weight excluding hydrogens is 295 g/mol. The van der Waals surface area contributed by atoms with Gasteiger partial charge >= 0.3 is 0 Å². The lowest BCUT2D eigenvalue weighted by Gasteiger charge is -2.19. The molecule has 0 radical (unpaired) electrons. The monoisotopic (exact) mass is 314 g/mol. The van der Waals surface area contributed by atoms with Crippen LogP contribution in [0.1, 0.15) is 5.56 Å². The Balaban J connectivity index is 1.94. The summed E-state index contributed by atoms with van der Waals surface area (Å²) in [5, 5.41) is 3.27. The van der Waals surface area contributed by atoms with E-state index in [0.717, 1.165) is 13.1 Å². The van der Waals surface area contributed by atoms with Crippen molar-refractivity contribution in [2.45, 2.75) is 11.8 Å². The summed E-state index contributed by atoms with van der Waals surface area (Å²) in [5.74, 6) is 0.180. The number of nitrogens with zero attached hydrogens (tertiary/aromatic N) is 1. The Kier molecular flexibility index (Phi) is 3.67. The second-order valence-electron chi connectivity index (χ2n) is 5.71. The van der Waals surface area contributed by atoms with Gasteiger partial charge in [0.25, 0.3) is 0 Å². The number of rotatable bonds is 3. The SMILES string of the molecule is COc1ccc(S(=O)(=O)N2C[C@H]3CNC[C@H]3C2)c(C)c1F. The Morgan fingerprint density at radius 2 is 1.90 bits per heavy atom. The van der Waals surface area contributed by atoms with E-state index in [2.05, 4.69) is 5.32 Å². The van der Waals surface area contributed by atoms with Crippen LogP contribution >= 0.6 is 0 Å². The maximum atomic E-state index is 14.1. The summed E-state index contributed by atoms with van der Waals surface area (Å²) in [6.07, 6.45) is 0. The summed E-state index contributed by atoms with van der Waals surface area (Å²) in [6, 6.07) is 2.80. The number of nitrogens with one attached hydrogen (secondary N) is 1. The van der Waals surface area contributed by atoms with E-state index in [1.807, 2.05) is 0 Å². The molecule has 0 saturated carbocycles. The summed E-state index contributed by atoms with van der Waals surface area (Å²) in [7, 11) is -2.29. The first-order valence-corrected chi connectivity index (χ1v) is 8.43. The Morgan fingerprint density at radius 3 is 2.48 bits per heavy atom. The van der Waals surface area contributed by atoms with Gasteiger partial charge in [0.1, 0.15) is 0 Å². The molecule has 7 heteroatoms. The third-order valence-corrected chi connectivity index (χ3v) is 6.47. The molecule has 0 aromatic heterocycles. The molecule has 0 unspecified atom stereocenters. The van der Waals surface area contributed by atoms with Crippen molar-refractivity contribution in [1.29, 1.82) is 0 Å². The molecule has 2 aliphatic rings. The standard InChI is InChI=1S/C14H19FN2O3S/c1-9-13(4-3-12(20-2)14(9)15)21(18,19)17-7-10-5-16-6-11(10)8-17/h3-4,10-11,16H,5-8H2,1-2H3/t10-,11+. The number of benzene rings is 1. The molecule has 0 bridgehead atoms. The minimum absolute atomic E-state index is 0.0359. The zero-order valence-corrected chi connectivity index (χ0v) is 12.9. The van der Waals surface area contributed by atoms with Crippen LogP contribution in [-0.2, 0) is 10.0 Å². The topological polar surface area (TPSA) is 58.6 Å². The molecular formula is C14H19FN2O3S. The first kappa shape index (κ1) is 14.7. The van der Waals surface area contributed by atoms with Gasteiger partial charge in [-0.05, 0) is 44.0 Å². The van der Waals surface area contributed by atoms with E-state index >= 15 is 0 Å². The van der Waals surface area contributed by atoms with Gasteiger partial charge in [-0.15, -0.1) is 0 Å². The molecule has 1 aromatic rings. The average molecular weight is 314 g/mol. The molecule has 2 heterocycles. The van der Waals surface area contributed by atoms with E-state index in [0.29, 0.717) is 24.9 Å². The molecule has 3 rings (SSSR count). The van der Waals surface area contributed by atoms with Crippen molar-refractivity contribution < 1.29 is 17.5 Å². The van der Waals surface area contributed by atoms with Crippen LogP contribution in [0.2, 0.25) is 0 Å². The molecule has 2 fully saturated rings. The van der Waals surface area contributed by atoms with Gasteiger partial charge in [0, 0.05) is 18.7 Å². The largest absolute Gasteiger partial charge is 0.494 e. The normalized spacial score (nSPS) is 26.0. The second-order valence-corrected chi connectivity index (χ2v) is 7.61. The predicted molar refractivity (Wildman–Crippen MR) is 76.3 cm³/mol. The van der Waals surface area contributed by atoms with Crippen molar-refractivity contribution in [3.8, 4) is 5.75 Å². The molecule has 5 nitrogen and oxygen atoms in total. The highest BCUT2D eigenvalue weighted by Gasteiger charge is 2.42. The summed E-state index contributed by atoms with van der Waals surface area (Å²) in [4.78, 5) is 0.0359. The molecule has 0 aliphatic carbocycles. The lowest BCUT2D eigenvalue weighted by molar-refractivity contribution is 0.383. The number of methoxy groups -OCH3 is 1. The summed E-state index contributed by atoms with van der Waals surface area (Å²) in [6.45, 7) is 4.20. The number of ether oxygens (including phenoxy) is 1. The van der Waals surface area contributed by atoms with Gasteiger partial charge in [0.15, 0.2) is 11.6 Å². The number of hydrogen-bond acceptors (Lipinski definition) is 4. The fraction of sp³-hybridized carbons (Fsp3) is 0.571. The zero-order chi connectivity index (χ0) is 15.2. The van der Waals surface area contributed by atoms with Crippen molar-refractivity contribution in [3.63, 3.8) is 0 Å². The minimum Gasteiger partial charge on any atom is -0.494 e. The van der Waals surface area contributed by atoms with Crippen LogP contribution in [0.25, 0.3) is 0 Å². The van der Waals surface area contributed by atoms with E-state index in [1.165, 1.54) is 30.5 Å². The average Bonchev–Trinajstić information content (AvgIpc) is 3.02. The van der Waals surface area contributed by atoms with Crippen molar-refractivity contribution >= 4 is 10.0 Å². The minimum atomic E-state index is -3.65. The van der Waals surface area contributed by atoms with Crippen LogP contribution in [0.5, 0.6) is 5.75 Å². The summed E-state index contributed by atoms with van der Waals surface area (Å²) in [5.41, 5.74) is 0.115. The molecule has 1 N–H and O–H groups in total. The Bertz CT molecular complexity index is 650. The molecule has 0 spiro atoms. The van der Waals surface area contributed by atoms with Crippen LogP contribution in [0.15, 0.2) is 17.0 Å². The highest BCUT2D eigenvalue weighted by Crippen LogP contribution is 2.33. The van der Waals surface area contributed by atoms with Crippen LogP contribution in [0, 0.1) is 24.6 Å². The summed E-state index contributed by atoms with van der Waals surface area (Å²) >= 11 is 0. The van der Waals surface area contributed by atoms with E-state index < -0.39 is 15.8 Å². The van der Waals surface area contributed by atoms with Gasteiger partial charge in [-0.1, -0.05) is 0 Å². The van der Waals surface area contributed by atoms with Gasteiger partial charge in [-0.2, -0.15) is 4.31 Å². The molecule has 0 amide bonds. The molecule has 2 aliphatic heterocycles. The lowest BCUT2D eigenvalue weighted by atomic mass is 10.0. The number of fused-ring (bicyclic) bond motifs is 1. The highest BCUT2D eigenvalue weighted by atomic mass is 32.2. The maximum Gasteiger partial charge on any atom is 0.243 e. The lowest BCUT2D eigenvalue weighted by Crippen LogP contribution is -2.32. The smallest absolute Gasteiger partial charge is 0.243 e. The van der Waals surface area contributed by atoms with Crippen LogP contribution in [0.4, 0.5) is 4.39 Å². The van der Waals surface area contributed by atoms with E-state index in [9.17, 15) is 12.8 Å². The zero-order valence-electron chi connectivity index (χ0n) is 12.1. The third-order valence-electron chi connectivity index (χ3n) is 4.49. The van der Waals surface area contributed by atoms with Crippen molar-refractivity contribution in [2.75, 3.05) is 33.3 Å². The van der Waals surface area contributed by atoms with Crippen LogP contribution in [-0.4, -0.2) is 46.0 Å². The fourth-order valence-corrected chi connectivity index (χ4v) is 5.00. The molecule has 116 valence electrons. The van der Waals surface area contributed by atoms with Crippen molar-refractivity contribution in [3.05, 3.63) is 23.5 Å². The van der Waals surface area contributed by atoms with Crippen LogP contribution in [0.3, 0.4) is 0 Å². The molecule has 2 saturated heterocycles. The number of halogens is 1. The quantitative estimate of drug-likeness (QED) is 0.904. The van der Waals surface area contributed by atoms with Gasteiger partial charge < -0.3 is 10.1 Å². The van der Waals surface area contributed by atoms with Crippen molar-refractivity contribution in [2.24, 2.45) is 11.8 Å². The van der Waals surface area contributed by atoms with Gasteiger partial charge in [0.05, 0.1) is 12.0 Å². The van der Waals surface area contributed by atoms with E-state index in [1.54, 1.807) is 0 Å². The second kappa shape index (κ2) is 5.23. The number of hydrogen-bond donors (Lipinski definition) is 1. The Labute approximate surface area is 124 Å². The fourth-order valence-electron chi connectivity index (χ4n) is 3.23. The first-order chi connectivity index (χ1) is 9.95. The maximum absolute atomic E-state index is 14.1. The van der Waals surface area contributed by atoms with Crippen molar-refractivity contribution in [1.82, 2.24) is 9.62 Å². The Hall–Kier alpha value is -1.18. The highest BCUT2D eigenvalue weighted by molar-refractivity contribution is 7.89. The summed E-state index contributed by atoms with van der Waals surface area (Å²) < 4.78 is 45.9. The molecule has 2 atom stereocenters. The van der Waals surface area contributed by atoms with Gasteiger partial charge in [-0.25, -0.2) is 12.8 Å². The molecule has 21 heavy (non-hydrogen) atoms. The van der Waals surface area contributed by atoms with Gasteiger partial charge in [-0.3, -0.25) is 0 Å².